The standard InChI is InChI=1S/C25H29NO4/c1-4-22(30-21-13-12-19-9-7-8-10-20(19)16-21)25(27)26-17-18-11-14-23(28-5-2)24(15-18)29-6-3/h7-16,22H,4-6,17H2,1-3H3,(H,26,27)/t22-/m0/s1. The molecule has 0 bridgehead atoms. The molecule has 0 aliphatic carbocycles. The van der Waals surface area contributed by atoms with Crippen LogP contribution in [0.15, 0.2) is 60.7 Å². The lowest BCUT2D eigenvalue weighted by Gasteiger charge is -2.18. The summed E-state index contributed by atoms with van der Waals surface area (Å²) in [6, 6.07) is 19.7. The van der Waals surface area contributed by atoms with Gasteiger partial charge in [-0.15, -0.1) is 0 Å². The number of rotatable bonds is 10. The van der Waals surface area contributed by atoms with Crippen LogP contribution in [0.1, 0.15) is 32.8 Å². The molecule has 0 aromatic heterocycles. The van der Waals surface area contributed by atoms with Crippen LogP contribution in [0.3, 0.4) is 0 Å². The van der Waals surface area contributed by atoms with E-state index in [-0.39, 0.29) is 5.91 Å². The molecular formula is C25H29NO4. The third-order valence-corrected chi connectivity index (χ3v) is 4.74. The van der Waals surface area contributed by atoms with Gasteiger partial charge >= 0.3 is 0 Å². The zero-order valence-electron chi connectivity index (χ0n) is 17.8. The third kappa shape index (κ3) is 5.44. The second-order valence-electron chi connectivity index (χ2n) is 6.89. The molecule has 0 unspecified atom stereocenters. The minimum absolute atomic E-state index is 0.141. The molecule has 3 aromatic rings. The van der Waals surface area contributed by atoms with Crippen molar-refractivity contribution in [1.29, 1.82) is 0 Å². The molecule has 0 aliphatic heterocycles. The summed E-state index contributed by atoms with van der Waals surface area (Å²) in [5.41, 5.74) is 0.941. The minimum Gasteiger partial charge on any atom is -0.490 e. The number of amides is 1. The van der Waals surface area contributed by atoms with Gasteiger partial charge in [0.2, 0.25) is 0 Å². The minimum atomic E-state index is -0.555. The SMILES string of the molecule is CCOc1ccc(CNC(=O)[C@H](CC)Oc2ccc3ccccc3c2)cc1OCC. The number of nitrogens with one attached hydrogen (secondary N) is 1. The highest BCUT2D eigenvalue weighted by Gasteiger charge is 2.18. The summed E-state index contributed by atoms with van der Waals surface area (Å²) < 4.78 is 17.2. The summed E-state index contributed by atoms with van der Waals surface area (Å²) in [5.74, 6) is 1.94. The Kier molecular flexibility index (Phi) is 7.55. The number of hydrogen-bond acceptors (Lipinski definition) is 4. The van der Waals surface area contributed by atoms with Gasteiger partial charge in [-0.1, -0.05) is 43.3 Å². The number of benzene rings is 3. The number of hydrogen-bond donors (Lipinski definition) is 1. The number of carbonyl (C=O) groups excluding carboxylic acids is 1. The first kappa shape index (κ1) is 21.5. The number of fused-ring (bicyclic) bond motifs is 1. The Morgan fingerprint density at radius 2 is 1.60 bits per heavy atom. The van der Waals surface area contributed by atoms with Crippen molar-refractivity contribution in [3.05, 3.63) is 66.2 Å². The fourth-order valence-electron chi connectivity index (χ4n) is 3.24. The molecule has 0 saturated carbocycles. The van der Waals surface area contributed by atoms with Gasteiger partial charge in [0.25, 0.3) is 5.91 Å². The molecule has 0 spiro atoms. The first-order valence-electron chi connectivity index (χ1n) is 10.5. The molecule has 0 saturated heterocycles. The molecule has 0 heterocycles. The van der Waals surface area contributed by atoms with Crippen LogP contribution in [0.2, 0.25) is 0 Å². The molecule has 30 heavy (non-hydrogen) atoms. The summed E-state index contributed by atoms with van der Waals surface area (Å²) in [6.07, 6.45) is 0.0202. The van der Waals surface area contributed by atoms with E-state index in [0.29, 0.717) is 43.4 Å². The van der Waals surface area contributed by atoms with Crippen molar-refractivity contribution in [2.75, 3.05) is 13.2 Å². The Balaban J connectivity index is 1.64. The predicted octanol–water partition coefficient (Wildman–Crippen LogP) is 5.11. The quantitative estimate of drug-likeness (QED) is 0.507. The summed E-state index contributed by atoms with van der Waals surface area (Å²) in [6.45, 7) is 7.32. The van der Waals surface area contributed by atoms with Crippen molar-refractivity contribution in [1.82, 2.24) is 5.32 Å². The summed E-state index contributed by atoms with van der Waals surface area (Å²) in [5, 5.41) is 5.20. The van der Waals surface area contributed by atoms with E-state index in [4.69, 9.17) is 14.2 Å². The molecular weight excluding hydrogens is 378 g/mol. The van der Waals surface area contributed by atoms with Crippen LogP contribution in [0.4, 0.5) is 0 Å². The van der Waals surface area contributed by atoms with Crippen molar-refractivity contribution in [2.24, 2.45) is 0 Å². The van der Waals surface area contributed by atoms with Crippen molar-refractivity contribution in [3.63, 3.8) is 0 Å². The van der Waals surface area contributed by atoms with E-state index in [1.165, 1.54) is 0 Å². The highest BCUT2D eigenvalue weighted by atomic mass is 16.5. The van der Waals surface area contributed by atoms with Gasteiger partial charge in [-0.2, -0.15) is 0 Å². The van der Waals surface area contributed by atoms with Crippen LogP contribution in [-0.2, 0) is 11.3 Å². The van der Waals surface area contributed by atoms with E-state index in [9.17, 15) is 4.79 Å². The highest BCUT2D eigenvalue weighted by molar-refractivity contribution is 5.84. The second kappa shape index (κ2) is 10.5. The van der Waals surface area contributed by atoms with E-state index in [2.05, 4.69) is 11.4 Å². The van der Waals surface area contributed by atoms with Gasteiger partial charge in [0.1, 0.15) is 5.75 Å². The van der Waals surface area contributed by atoms with E-state index >= 15 is 0 Å². The van der Waals surface area contributed by atoms with Crippen molar-refractivity contribution in [3.8, 4) is 17.2 Å². The van der Waals surface area contributed by atoms with Crippen LogP contribution in [0, 0.1) is 0 Å². The summed E-state index contributed by atoms with van der Waals surface area (Å²) >= 11 is 0. The van der Waals surface area contributed by atoms with Crippen molar-refractivity contribution >= 4 is 16.7 Å². The lowest BCUT2D eigenvalue weighted by Crippen LogP contribution is -2.37. The van der Waals surface area contributed by atoms with Crippen LogP contribution < -0.4 is 19.5 Å². The molecule has 158 valence electrons. The van der Waals surface area contributed by atoms with Gasteiger partial charge in [-0.3, -0.25) is 4.79 Å². The van der Waals surface area contributed by atoms with Crippen LogP contribution in [0.5, 0.6) is 17.2 Å². The fourth-order valence-corrected chi connectivity index (χ4v) is 3.24. The molecule has 0 fully saturated rings. The molecule has 1 N–H and O–H groups in total. The van der Waals surface area contributed by atoms with E-state index in [0.717, 1.165) is 16.3 Å². The Labute approximate surface area is 178 Å². The number of ether oxygens (including phenoxy) is 3. The normalized spacial score (nSPS) is 11.7. The Morgan fingerprint density at radius 1 is 0.867 bits per heavy atom. The topological polar surface area (TPSA) is 56.8 Å². The molecule has 0 radical (unpaired) electrons. The van der Waals surface area contributed by atoms with Crippen LogP contribution >= 0.6 is 0 Å². The predicted molar refractivity (Wildman–Crippen MR) is 119 cm³/mol. The van der Waals surface area contributed by atoms with E-state index in [1.54, 1.807) is 0 Å². The maximum Gasteiger partial charge on any atom is 0.261 e. The first-order valence-corrected chi connectivity index (χ1v) is 10.5. The maximum absolute atomic E-state index is 12.7. The number of carbonyl (C=O) groups is 1. The van der Waals surface area contributed by atoms with Crippen molar-refractivity contribution < 1.29 is 19.0 Å². The van der Waals surface area contributed by atoms with Gasteiger partial charge in [-0.25, -0.2) is 0 Å². The van der Waals surface area contributed by atoms with E-state index < -0.39 is 6.10 Å². The maximum atomic E-state index is 12.7. The fraction of sp³-hybridized carbons (Fsp3) is 0.320. The van der Waals surface area contributed by atoms with E-state index in [1.807, 2.05) is 75.4 Å². The molecule has 3 aromatic carbocycles. The molecule has 1 amide bonds. The van der Waals surface area contributed by atoms with Gasteiger partial charge in [0.15, 0.2) is 17.6 Å². The molecule has 5 nitrogen and oxygen atoms in total. The first-order chi connectivity index (χ1) is 14.6. The van der Waals surface area contributed by atoms with Crippen LogP contribution in [-0.4, -0.2) is 25.2 Å². The molecule has 5 heteroatoms. The van der Waals surface area contributed by atoms with Crippen LogP contribution in [0.25, 0.3) is 10.8 Å². The summed E-state index contributed by atoms with van der Waals surface area (Å²) in [7, 11) is 0. The lowest BCUT2D eigenvalue weighted by atomic mass is 10.1. The highest BCUT2D eigenvalue weighted by Crippen LogP contribution is 2.28. The average molecular weight is 408 g/mol. The second-order valence-corrected chi connectivity index (χ2v) is 6.89. The Bertz CT molecular complexity index is 986. The Hall–Kier alpha value is -3.21. The zero-order chi connectivity index (χ0) is 21.3. The third-order valence-electron chi connectivity index (χ3n) is 4.74. The van der Waals surface area contributed by atoms with Crippen molar-refractivity contribution in [2.45, 2.75) is 39.8 Å². The smallest absolute Gasteiger partial charge is 0.261 e. The molecule has 3 rings (SSSR count). The average Bonchev–Trinajstić information content (AvgIpc) is 2.77. The van der Waals surface area contributed by atoms with Gasteiger partial charge in [0, 0.05) is 6.54 Å². The Morgan fingerprint density at radius 3 is 2.33 bits per heavy atom. The summed E-state index contributed by atoms with van der Waals surface area (Å²) in [4.78, 5) is 12.7. The lowest BCUT2D eigenvalue weighted by molar-refractivity contribution is -0.128. The largest absolute Gasteiger partial charge is 0.490 e. The zero-order valence-corrected chi connectivity index (χ0v) is 17.8. The van der Waals surface area contributed by atoms with Gasteiger partial charge in [0.05, 0.1) is 13.2 Å². The van der Waals surface area contributed by atoms with Gasteiger partial charge < -0.3 is 19.5 Å². The molecule has 1 atom stereocenters. The van der Waals surface area contributed by atoms with Gasteiger partial charge in [-0.05, 0) is 60.9 Å². The molecule has 0 aliphatic rings. The monoisotopic (exact) mass is 407 g/mol.